The topological polar surface area (TPSA) is 29.4 Å². The zero-order valence-corrected chi connectivity index (χ0v) is 7.07. The molecule has 10 heavy (non-hydrogen) atoms. The Balaban J connectivity index is 2.55. The Morgan fingerprint density at radius 1 is 1.90 bits per heavy atom. The predicted octanol–water partition coefficient (Wildman–Crippen LogP) is 1.50. The minimum absolute atomic E-state index is 0.0417. The van der Waals surface area contributed by atoms with E-state index in [2.05, 4.69) is 11.9 Å². The maximum atomic E-state index is 10.8. The maximum absolute atomic E-state index is 10.8. The van der Waals surface area contributed by atoms with Crippen LogP contribution in [0.3, 0.4) is 0 Å². The number of Topliss-reactive ketones (excluding diaryl/α,β-unsaturated/α-hetero) is 1. The van der Waals surface area contributed by atoms with Crippen LogP contribution in [-0.4, -0.2) is 22.6 Å². The van der Waals surface area contributed by atoms with E-state index in [9.17, 15) is 4.79 Å². The number of rotatable bonds is 2. The molecule has 0 N–H and O–H groups in total. The average molecular weight is 157 g/mol. The second-order valence-corrected chi connectivity index (χ2v) is 3.41. The van der Waals surface area contributed by atoms with Crippen LogP contribution >= 0.6 is 11.8 Å². The Hall–Kier alpha value is -0.310. The van der Waals surface area contributed by atoms with Gasteiger partial charge >= 0.3 is 0 Å². The lowest BCUT2D eigenvalue weighted by Crippen LogP contribution is -2.14. The molecule has 1 aliphatic heterocycles. The van der Waals surface area contributed by atoms with Gasteiger partial charge in [0, 0.05) is 5.75 Å². The van der Waals surface area contributed by atoms with Crippen molar-refractivity contribution >= 4 is 22.6 Å². The molecule has 1 aliphatic rings. The molecule has 0 saturated carbocycles. The van der Waals surface area contributed by atoms with Gasteiger partial charge in [0.15, 0.2) is 5.78 Å². The molecule has 0 aromatic heterocycles. The van der Waals surface area contributed by atoms with E-state index in [-0.39, 0.29) is 11.8 Å². The summed E-state index contributed by atoms with van der Waals surface area (Å²) in [6.45, 7) is 3.67. The third-order valence-electron chi connectivity index (χ3n) is 1.48. The van der Waals surface area contributed by atoms with E-state index in [1.165, 1.54) is 0 Å². The quantitative estimate of drug-likeness (QED) is 0.608. The zero-order chi connectivity index (χ0) is 7.56. The number of hydrogen-bond donors (Lipinski definition) is 0. The summed E-state index contributed by atoms with van der Waals surface area (Å²) in [5, 5.41) is 1.13. The zero-order valence-electron chi connectivity index (χ0n) is 6.26. The molecule has 1 unspecified atom stereocenters. The van der Waals surface area contributed by atoms with E-state index in [1.807, 2.05) is 0 Å². The standard InChI is InChI=1S/C7H11NOS/c1-3-7-8-6(4-10-7)5(2)9/h6H,3-4H2,1-2H3. The Morgan fingerprint density at radius 3 is 2.90 bits per heavy atom. The fourth-order valence-electron chi connectivity index (χ4n) is 0.825. The molecule has 0 aromatic rings. The second kappa shape index (κ2) is 3.19. The van der Waals surface area contributed by atoms with Crippen molar-refractivity contribution in [3.63, 3.8) is 0 Å². The first kappa shape index (κ1) is 7.79. The number of nitrogens with zero attached hydrogens (tertiary/aromatic N) is 1. The van der Waals surface area contributed by atoms with E-state index in [0.29, 0.717) is 0 Å². The molecule has 3 heteroatoms. The molecular formula is C7H11NOS. The van der Waals surface area contributed by atoms with E-state index in [0.717, 1.165) is 17.2 Å². The Labute approximate surface area is 65.1 Å². The Kier molecular flexibility index (Phi) is 2.49. The monoisotopic (exact) mass is 157 g/mol. The minimum Gasteiger partial charge on any atom is -0.298 e. The van der Waals surface area contributed by atoms with Crippen LogP contribution in [0.2, 0.25) is 0 Å². The first-order chi connectivity index (χ1) is 4.74. The van der Waals surface area contributed by atoms with Gasteiger partial charge in [0.25, 0.3) is 0 Å². The molecule has 0 spiro atoms. The fourth-order valence-corrected chi connectivity index (χ4v) is 1.89. The van der Waals surface area contributed by atoms with Crippen molar-refractivity contribution in [3.8, 4) is 0 Å². The average Bonchev–Trinajstić information content (AvgIpc) is 2.34. The van der Waals surface area contributed by atoms with Gasteiger partial charge in [0.2, 0.25) is 0 Å². The highest BCUT2D eigenvalue weighted by Gasteiger charge is 2.20. The van der Waals surface area contributed by atoms with Crippen LogP contribution in [0.1, 0.15) is 20.3 Å². The largest absolute Gasteiger partial charge is 0.298 e. The highest BCUT2D eigenvalue weighted by molar-refractivity contribution is 8.14. The molecule has 0 radical (unpaired) electrons. The third kappa shape index (κ3) is 1.59. The molecule has 0 bridgehead atoms. The summed E-state index contributed by atoms with van der Waals surface area (Å²) in [6.07, 6.45) is 0.967. The number of carbonyl (C=O) groups is 1. The lowest BCUT2D eigenvalue weighted by molar-refractivity contribution is -0.117. The normalized spacial score (nSPS) is 24.6. The van der Waals surface area contributed by atoms with Crippen LogP contribution in [0.25, 0.3) is 0 Å². The van der Waals surface area contributed by atoms with Crippen molar-refractivity contribution in [2.24, 2.45) is 4.99 Å². The summed E-state index contributed by atoms with van der Waals surface area (Å²) < 4.78 is 0. The lowest BCUT2D eigenvalue weighted by Gasteiger charge is -1.95. The molecule has 0 aromatic carbocycles. The molecule has 2 nitrogen and oxygen atoms in total. The second-order valence-electron chi connectivity index (χ2n) is 2.31. The Morgan fingerprint density at radius 2 is 2.60 bits per heavy atom. The van der Waals surface area contributed by atoms with E-state index in [4.69, 9.17) is 0 Å². The molecule has 1 heterocycles. The number of thioether (sulfide) groups is 1. The van der Waals surface area contributed by atoms with Crippen LogP contribution in [0.15, 0.2) is 4.99 Å². The van der Waals surface area contributed by atoms with Crippen molar-refractivity contribution in [2.45, 2.75) is 26.3 Å². The van der Waals surface area contributed by atoms with Crippen molar-refractivity contribution in [1.82, 2.24) is 0 Å². The van der Waals surface area contributed by atoms with E-state index >= 15 is 0 Å². The highest BCUT2D eigenvalue weighted by Crippen LogP contribution is 2.20. The summed E-state index contributed by atoms with van der Waals surface area (Å²) in [6, 6.07) is -0.0417. The van der Waals surface area contributed by atoms with Crippen molar-refractivity contribution in [1.29, 1.82) is 0 Å². The van der Waals surface area contributed by atoms with Gasteiger partial charge in [0.1, 0.15) is 6.04 Å². The number of hydrogen-bond acceptors (Lipinski definition) is 3. The van der Waals surface area contributed by atoms with Gasteiger partial charge in [-0.3, -0.25) is 9.79 Å². The summed E-state index contributed by atoms with van der Waals surface area (Å²) in [4.78, 5) is 15.0. The van der Waals surface area contributed by atoms with Gasteiger partial charge in [-0.2, -0.15) is 0 Å². The van der Waals surface area contributed by atoms with Crippen LogP contribution in [0.5, 0.6) is 0 Å². The molecular weight excluding hydrogens is 146 g/mol. The van der Waals surface area contributed by atoms with E-state index in [1.54, 1.807) is 18.7 Å². The van der Waals surface area contributed by atoms with Gasteiger partial charge in [-0.25, -0.2) is 0 Å². The molecule has 1 atom stereocenters. The number of ketones is 1. The highest BCUT2D eigenvalue weighted by atomic mass is 32.2. The van der Waals surface area contributed by atoms with Gasteiger partial charge < -0.3 is 0 Å². The smallest absolute Gasteiger partial charge is 0.155 e. The SMILES string of the molecule is CCC1=NC(C(C)=O)CS1. The third-order valence-corrected chi connectivity index (χ3v) is 2.69. The summed E-state index contributed by atoms with van der Waals surface area (Å²) in [7, 11) is 0. The summed E-state index contributed by atoms with van der Waals surface area (Å²) in [5.74, 6) is 1.05. The minimum atomic E-state index is -0.0417. The van der Waals surface area contributed by atoms with Gasteiger partial charge in [-0.1, -0.05) is 6.92 Å². The predicted molar refractivity (Wildman–Crippen MR) is 44.7 cm³/mol. The first-order valence-electron chi connectivity index (χ1n) is 3.44. The maximum Gasteiger partial charge on any atom is 0.155 e. The van der Waals surface area contributed by atoms with Crippen LogP contribution in [-0.2, 0) is 4.79 Å². The van der Waals surface area contributed by atoms with Gasteiger partial charge in [-0.15, -0.1) is 11.8 Å². The number of carbonyl (C=O) groups excluding carboxylic acids is 1. The van der Waals surface area contributed by atoms with Crippen LogP contribution in [0.4, 0.5) is 0 Å². The van der Waals surface area contributed by atoms with Crippen molar-refractivity contribution in [3.05, 3.63) is 0 Å². The van der Waals surface area contributed by atoms with Crippen LogP contribution < -0.4 is 0 Å². The van der Waals surface area contributed by atoms with E-state index < -0.39 is 0 Å². The number of aliphatic imine (C=N–C) groups is 1. The van der Waals surface area contributed by atoms with Crippen molar-refractivity contribution in [2.75, 3.05) is 5.75 Å². The molecule has 56 valence electrons. The molecule has 0 fully saturated rings. The molecule has 0 saturated heterocycles. The first-order valence-corrected chi connectivity index (χ1v) is 4.42. The van der Waals surface area contributed by atoms with Crippen molar-refractivity contribution < 1.29 is 4.79 Å². The van der Waals surface area contributed by atoms with Gasteiger partial charge in [-0.05, 0) is 13.3 Å². The molecule has 1 rings (SSSR count). The van der Waals surface area contributed by atoms with Gasteiger partial charge in [0.05, 0.1) is 5.04 Å². The Bertz CT molecular complexity index is 176. The molecule has 0 amide bonds. The molecule has 0 aliphatic carbocycles. The fraction of sp³-hybridized carbons (Fsp3) is 0.714. The lowest BCUT2D eigenvalue weighted by atomic mass is 10.2. The van der Waals surface area contributed by atoms with Crippen LogP contribution in [0, 0.1) is 0 Å². The summed E-state index contributed by atoms with van der Waals surface area (Å²) in [5.41, 5.74) is 0. The summed E-state index contributed by atoms with van der Waals surface area (Å²) >= 11 is 1.71.